The summed E-state index contributed by atoms with van der Waals surface area (Å²) >= 11 is 0. The van der Waals surface area contributed by atoms with Gasteiger partial charge in [-0.15, -0.1) is 0 Å². The molecule has 8 aromatic heterocycles. The van der Waals surface area contributed by atoms with Crippen molar-refractivity contribution in [1.29, 1.82) is 0 Å². The van der Waals surface area contributed by atoms with Crippen LogP contribution < -0.4 is 58.5 Å². The second-order valence-electron chi connectivity index (χ2n) is 23.0. The molecule has 1 aromatic carbocycles. The molecule has 0 saturated heterocycles. The number of carbonyl (C=O) groups is 11. The molecular formula is C65H74FN21O13. The molecule has 35 heteroatoms. The summed E-state index contributed by atoms with van der Waals surface area (Å²) < 4.78 is 36.3. The van der Waals surface area contributed by atoms with Crippen molar-refractivity contribution < 1.29 is 66.6 Å². The summed E-state index contributed by atoms with van der Waals surface area (Å²) in [6.45, 7) is 2.40. The van der Waals surface area contributed by atoms with Crippen LogP contribution in [0.4, 0.5) is 44.3 Å². The number of aromatic nitrogens is 10. The maximum absolute atomic E-state index is 13.6. The zero-order chi connectivity index (χ0) is 72.1. The molecule has 11 amide bonds. The van der Waals surface area contributed by atoms with Crippen LogP contribution in [0.5, 0.6) is 0 Å². The maximum Gasteiger partial charge on any atom is 0.291 e. The van der Waals surface area contributed by atoms with Gasteiger partial charge in [-0.1, -0.05) is 6.07 Å². The zero-order valence-corrected chi connectivity index (χ0v) is 55.9. The number of amides is 11. The van der Waals surface area contributed by atoms with Crippen molar-refractivity contribution in [1.82, 2.24) is 67.8 Å². The minimum absolute atomic E-state index is 0.0403. The van der Waals surface area contributed by atoms with E-state index in [1.165, 1.54) is 127 Å². The van der Waals surface area contributed by atoms with E-state index in [1.807, 2.05) is 0 Å². The van der Waals surface area contributed by atoms with Crippen molar-refractivity contribution in [3.8, 4) is 0 Å². The van der Waals surface area contributed by atoms with Crippen molar-refractivity contribution in [3.63, 3.8) is 0 Å². The lowest BCUT2D eigenvalue weighted by atomic mass is 10.2. The summed E-state index contributed by atoms with van der Waals surface area (Å²) in [4.78, 5) is 153. The lowest BCUT2D eigenvalue weighted by Crippen LogP contribution is -2.45. The van der Waals surface area contributed by atoms with Gasteiger partial charge in [-0.05, 0) is 61.0 Å². The van der Waals surface area contributed by atoms with Crippen molar-refractivity contribution in [2.45, 2.75) is 19.4 Å². The van der Waals surface area contributed by atoms with Gasteiger partial charge in [-0.25, -0.2) is 14.4 Å². The zero-order valence-electron chi connectivity index (χ0n) is 55.9. The van der Waals surface area contributed by atoms with Gasteiger partial charge in [-0.2, -0.15) is 0 Å². The molecule has 34 nitrogen and oxygen atoms in total. The van der Waals surface area contributed by atoms with E-state index in [0.717, 1.165) is 6.07 Å². The van der Waals surface area contributed by atoms with Crippen molar-refractivity contribution in [3.05, 3.63) is 174 Å². The smallest absolute Gasteiger partial charge is 0.291 e. The Balaban J connectivity index is 0.694. The Hall–Kier alpha value is -12.7. The van der Waals surface area contributed by atoms with Gasteiger partial charge in [0.25, 0.3) is 53.2 Å². The summed E-state index contributed by atoms with van der Waals surface area (Å²) in [5, 5.41) is 29.8. The highest BCUT2D eigenvalue weighted by molar-refractivity contribution is 6.10. The standard InChI is InChI=1S/C65H74FN21O13/c1-37(88)71-46(13-14-68-58(91)47-24-40(30-81(47)3)72-60(93)49-26-42(32-83(49)5)74-62(95)51-28-44(34-85(51)7)76-64(97)54-67-15-18-80(54)2)57(90)79-53-36-87(9)55(78-53)65(98)77-45-29-52(86(8)35-45)63(96)75-43-27-50(84(6)33-43)61(94)73-41-25-48(82(4)31-41)59(92)70-17-20-100-22-21-99-19-16-69-56(89)38-11-10-12-39(66)23-38/h10-12,15,18,23-36,46H,13-14,16-17,19-22H2,1-9H3,(H,68,91)(H,69,89)(H,70,92)(H,71,88)(H,72,93)(H,73,94)(H,74,95)(H,75,96)(H,76,97)(H,77,98)(H,79,90)/t46-/m1/s1. The minimum atomic E-state index is -1.17. The third kappa shape index (κ3) is 18.3. The number of ether oxygens (including phenoxy) is 2. The first-order valence-corrected chi connectivity index (χ1v) is 30.9. The average Bonchev–Trinajstić information content (AvgIpc) is 1.68. The Morgan fingerprint density at radius 2 is 0.800 bits per heavy atom. The van der Waals surface area contributed by atoms with Gasteiger partial charge in [0.15, 0.2) is 11.6 Å². The van der Waals surface area contributed by atoms with Crippen LogP contribution in [-0.4, -0.2) is 164 Å². The number of benzene rings is 1. The van der Waals surface area contributed by atoms with Gasteiger partial charge in [0.05, 0.1) is 60.6 Å². The minimum Gasteiger partial charge on any atom is -0.377 e. The summed E-state index contributed by atoms with van der Waals surface area (Å²) in [5.74, 6) is -6.48. The summed E-state index contributed by atoms with van der Waals surface area (Å²) in [5.41, 5.74) is 3.07. The Bertz CT molecular complexity index is 4610. The summed E-state index contributed by atoms with van der Waals surface area (Å²) in [6.07, 6.45) is 13.7. The van der Waals surface area contributed by atoms with Crippen molar-refractivity contribution in [2.75, 3.05) is 83.3 Å². The van der Waals surface area contributed by atoms with E-state index in [4.69, 9.17) is 9.47 Å². The Morgan fingerprint density at radius 1 is 0.420 bits per heavy atom. The molecule has 524 valence electrons. The molecule has 9 rings (SSSR count). The van der Waals surface area contributed by atoms with Gasteiger partial charge in [0.1, 0.15) is 46.0 Å². The van der Waals surface area contributed by atoms with E-state index in [-0.39, 0.29) is 127 Å². The second-order valence-corrected chi connectivity index (χ2v) is 23.0. The Kier molecular flexibility index (Phi) is 22.9. The molecule has 0 spiro atoms. The molecule has 8 heterocycles. The van der Waals surface area contributed by atoms with Crippen LogP contribution >= 0.6 is 0 Å². The van der Waals surface area contributed by atoms with Crippen LogP contribution in [-0.2, 0) is 75.4 Å². The highest BCUT2D eigenvalue weighted by Crippen LogP contribution is 2.24. The highest BCUT2D eigenvalue weighted by Gasteiger charge is 2.26. The first kappa shape index (κ1) is 71.6. The van der Waals surface area contributed by atoms with Crippen LogP contribution in [0.2, 0.25) is 0 Å². The lowest BCUT2D eigenvalue weighted by Gasteiger charge is -2.17. The molecule has 9 aromatic rings. The number of hydrogen-bond donors (Lipinski definition) is 11. The second kappa shape index (κ2) is 31.9. The van der Waals surface area contributed by atoms with Gasteiger partial charge in [0.2, 0.25) is 17.6 Å². The van der Waals surface area contributed by atoms with E-state index in [0.29, 0.717) is 17.1 Å². The van der Waals surface area contributed by atoms with Gasteiger partial charge in [-0.3, -0.25) is 52.7 Å². The topological polar surface area (TPSA) is 404 Å². The van der Waals surface area contributed by atoms with E-state index < -0.39 is 76.8 Å². The number of nitrogens with one attached hydrogen (secondary N) is 11. The normalized spacial score (nSPS) is 11.3. The van der Waals surface area contributed by atoms with Crippen LogP contribution in [0.3, 0.4) is 0 Å². The fraction of sp³-hybridized carbons (Fsp3) is 0.277. The molecule has 0 fully saturated rings. The molecule has 0 aliphatic rings. The molecule has 0 radical (unpaired) electrons. The van der Waals surface area contributed by atoms with Crippen LogP contribution in [0.1, 0.15) is 108 Å². The Morgan fingerprint density at radius 3 is 1.19 bits per heavy atom. The highest BCUT2D eigenvalue weighted by atomic mass is 19.1. The molecule has 0 aliphatic heterocycles. The number of nitrogens with zero attached hydrogens (tertiary/aromatic N) is 10. The number of hydrogen-bond acceptors (Lipinski definition) is 15. The predicted octanol–water partition coefficient (Wildman–Crippen LogP) is 3.29. The number of aryl methyl sites for hydroxylation is 8. The third-order valence-corrected chi connectivity index (χ3v) is 15.3. The predicted molar refractivity (Wildman–Crippen MR) is 363 cm³/mol. The van der Waals surface area contributed by atoms with Gasteiger partial charge in [0, 0.05) is 144 Å². The van der Waals surface area contributed by atoms with E-state index in [2.05, 4.69) is 68.5 Å². The molecule has 100 heavy (non-hydrogen) atoms. The third-order valence-electron chi connectivity index (χ3n) is 15.3. The Labute approximate surface area is 569 Å². The summed E-state index contributed by atoms with van der Waals surface area (Å²) in [7, 11) is 12.9. The average molecular weight is 1380 g/mol. The largest absolute Gasteiger partial charge is 0.377 e. The monoisotopic (exact) mass is 1380 g/mol. The summed E-state index contributed by atoms with van der Waals surface area (Å²) in [6, 6.07) is 13.0. The van der Waals surface area contributed by atoms with Gasteiger partial charge < -0.3 is 104 Å². The van der Waals surface area contributed by atoms with Crippen molar-refractivity contribution in [2.24, 2.45) is 56.4 Å². The number of carbonyl (C=O) groups excluding carboxylic acids is 11. The molecule has 1 atom stereocenters. The number of anilines is 7. The van der Waals surface area contributed by atoms with Crippen LogP contribution in [0.15, 0.2) is 116 Å². The fourth-order valence-electron chi connectivity index (χ4n) is 10.4. The van der Waals surface area contributed by atoms with Crippen molar-refractivity contribution >= 4 is 105 Å². The molecule has 0 bridgehead atoms. The first-order chi connectivity index (χ1) is 47.7. The molecular weight excluding hydrogens is 1300 g/mol. The lowest BCUT2D eigenvalue weighted by molar-refractivity contribution is -0.125. The SMILES string of the molecule is CC(=O)N[C@H](CCNC(=O)c1cc(NC(=O)c2cc(NC(=O)c3cc(NC(=O)c4nccn4C)cn3C)cn2C)cn1C)C(=O)Nc1cn(C)c(C(=O)Nc2cc(C(=O)Nc3cc(C(=O)Nc4cc(C(=O)NCCOCCOCCNC(=O)c5cccc(F)c5)n(C)c4)n(C)c3)n(C)c2)n1. The van der Waals surface area contributed by atoms with Gasteiger partial charge >= 0.3 is 0 Å². The quantitative estimate of drug-likeness (QED) is 0.0288. The molecule has 11 N–H and O–H groups in total. The van der Waals surface area contributed by atoms with E-state index >= 15 is 0 Å². The van der Waals surface area contributed by atoms with Crippen LogP contribution in [0.25, 0.3) is 0 Å². The van der Waals surface area contributed by atoms with E-state index in [1.54, 1.807) is 83.3 Å². The number of rotatable bonds is 30. The van der Waals surface area contributed by atoms with E-state index in [9.17, 15) is 57.1 Å². The van der Waals surface area contributed by atoms with Crippen LogP contribution in [0, 0.1) is 5.82 Å². The fourth-order valence-corrected chi connectivity index (χ4v) is 10.4. The maximum atomic E-state index is 13.6. The first-order valence-electron chi connectivity index (χ1n) is 30.9. The molecule has 0 saturated carbocycles. The number of halogens is 1. The molecule has 0 aliphatic carbocycles. The number of imidazole rings is 2. The molecule has 0 unspecified atom stereocenters.